The van der Waals surface area contributed by atoms with E-state index in [1.54, 1.807) is 0 Å². The van der Waals surface area contributed by atoms with Crippen LogP contribution in [0.15, 0.2) is 0 Å². The fraction of sp³-hybridized carbons (Fsp3) is 0.900. The first-order chi connectivity index (χ1) is 6.77. The summed E-state index contributed by atoms with van der Waals surface area (Å²) in [7, 11) is 0. The molecule has 80 valence electrons. The fourth-order valence-corrected chi connectivity index (χ4v) is 2.41. The number of ether oxygens (including phenoxy) is 1. The van der Waals surface area contributed by atoms with Crippen molar-refractivity contribution in [3.05, 3.63) is 0 Å². The molecule has 2 unspecified atom stereocenters. The van der Waals surface area contributed by atoms with Gasteiger partial charge in [-0.05, 0) is 38.8 Å². The molecule has 0 aromatic rings. The molecule has 2 aliphatic rings. The van der Waals surface area contributed by atoms with E-state index in [4.69, 9.17) is 4.74 Å². The lowest BCUT2D eigenvalue weighted by Gasteiger charge is -2.37. The second-order valence-electron chi connectivity index (χ2n) is 4.22. The zero-order valence-electron chi connectivity index (χ0n) is 8.58. The summed E-state index contributed by atoms with van der Waals surface area (Å²) in [6.45, 7) is 4.42. The number of hydrogen-bond acceptors (Lipinski definition) is 3. The molecule has 0 saturated carbocycles. The van der Waals surface area contributed by atoms with Crippen LogP contribution in [0.25, 0.3) is 0 Å². The van der Waals surface area contributed by atoms with E-state index in [2.05, 4.69) is 10.6 Å². The summed E-state index contributed by atoms with van der Waals surface area (Å²) in [4.78, 5) is 11.1. The lowest BCUT2D eigenvalue weighted by molar-refractivity contribution is -0.140. The van der Waals surface area contributed by atoms with Gasteiger partial charge in [0.25, 0.3) is 0 Å². The predicted molar refractivity (Wildman–Crippen MR) is 52.9 cm³/mol. The van der Waals surface area contributed by atoms with E-state index in [-0.39, 0.29) is 24.7 Å². The van der Waals surface area contributed by atoms with Crippen LogP contribution in [0.3, 0.4) is 0 Å². The Kier molecular flexibility index (Phi) is 3.03. The highest BCUT2D eigenvalue weighted by atomic mass is 16.5. The van der Waals surface area contributed by atoms with Crippen LogP contribution in [0, 0.1) is 5.92 Å². The topological polar surface area (TPSA) is 50.4 Å². The van der Waals surface area contributed by atoms with E-state index in [0.717, 1.165) is 25.9 Å². The van der Waals surface area contributed by atoms with Crippen molar-refractivity contribution in [2.24, 2.45) is 5.92 Å². The van der Waals surface area contributed by atoms with E-state index >= 15 is 0 Å². The smallest absolute Gasteiger partial charge is 0.246 e. The molecule has 14 heavy (non-hydrogen) atoms. The quantitative estimate of drug-likeness (QED) is 0.618. The highest BCUT2D eigenvalue weighted by Crippen LogP contribution is 2.23. The van der Waals surface area contributed by atoms with Crippen molar-refractivity contribution in [3.8, 4) is 0 Å². The van der Waals surface area contributed by atoms with Gasteiger partial charge in [-0.3, -0.25) is 4.79 Å². The van der Waals surface area contributed by atoms with Gasteiger partial charge < -0.3 is 15.4 Å². The minimum Gasteiger partial charge on any atom is -0.366 e. The number of hydrogen-bond donors (Lipinski definition) is 2. The van der Waals surface area contributed by atoms with Gasteiger partial charge in [0, 0.05) is 0 Å². The van der Waals surface area contributed by atoms with Crippen molar-refractivity contribution in [3.63, 3.8) is 0 Å². The van der Waals surface area contributed by atoms with Crippen molar-refractivity contribution in [2.45, 2.75) is 31.9 Å². The molecule has 2 rings (SSSR count). The molecule has 0 radical (unpaired) electrons. The van der Waals surface area contributed by atoms with Crippen LogP contribution < -0.4 is 10.6 Å². The van der Waals surface area contributed by atoms with Crippen LogP contribution >= 0.6 is 0 Å². The summed E-state index contributed by atoms with van der Waals surface area (Å²) in [5.74, 6) is 0.620. The van der Waals surface area contributed by atoms with Crippen molar-refractivity contribution >= 4 is 5.91 Å². The molecule has 2 heterocycles. The van der Waals surface area contributed by atoms with Gasteiger partial charge in [-0.15, -0.1) is 0 Å². The Morgan fingerprint density at radius 2 is 2.07 bits per heavy atom. The molecule has 4 nitrogen and oxygen atoms in total. The first kappa shape index (κ1) is 9.93. The Bertz CT molecular complexity index is 214. The van der Waals surface area contributed by atoms with Crippen molar-refractivity contribution in [2.75, 3.05) is 19.7 Å². The third-order valence-electron chi connectivity index (χ3n) is 3.14. The molecule has 0 bridgehead atoms. The molecule has 0 aromatic carbocycles. The molecule has 2 atom stereocenters. The molecule has 2 N–H and O–H groups in total. The first-order valence-corrected chi connectivity index (χ1v) is 5.39. The average Bonchev–Trinajstić information content (AvgIpc) is 2.19. The second-order valence-corrected chi connectivity index (χ2v) is 4.22. The fourth-order valence-electron chi connectivity index (χ4n) is 2.41. The first-order valence-electron chi connectivity index (χ1n) is 5.39. The van der Waals surface area contributed by atoms with Crippen molar-refractivity contribution in [1.82, 2.24) is 10.6 Å². The van der Waals surface area contributed by atoms with E-state index < -0.39 is 0 Å². The monoisotopic (exact) mass is 198 g/mol. The molecule has 2 aliphatic heterocycles. The van der Waals surface area contributed by atoms with E-state index in [1.165, 1.54) is 0 Å². The molecule has 4 heteroatoms. The predicted octanol–water partition coefficient (Wildman–Crippen LogP) is -0.111. The third kappa shape index (κ3) is 2.07. The highest BCUT2D eigenvalue weighted by Gasteiger charge is 2.33. The van der Waals surface area contributed by atoms with Gasteiger partial charge in [0.05, 0.1) is 12.1 Å². The maximum absolute atomic E-state index is 11.1. The normalized spacial score (nSPS) is 35.4. The van der Waals surface area contributed by atoms with Gasteiger partial charge in [-0.25, -0.2) is 0 Å². The molecule has 0 aromatic heterocycles. The second kappa shape index (κ2) is 4.28. The highest BCUT2D eigenvalue weighted by molar-refractivity contribution is 5.78. The summed E-state index contributed by atoms with van der Waals surface area (Å²) >= 11 is 0. The number of carbonyl (C=O) groups excluding carboxylic acids is 1. The molecular weight excluding hydrogens is 180 g/mol. The summed E-state index contributed by atoms with van der Waals surface area (Å²) in [6.07, 6.45) is 2.53. The van der Waals surface area contributed by atoms with Gasteiger partial charge in [-0.1, -0.05) is 0 Å². The van der Waals surface area contributed by atoms with E-state index in [1.807, 2.05) is 6.92 Å². The number of carbonyl (C=O) groups is 1. The van der Waals surface area contributed by atoms with Gasteiger partial charge in [0.15, 0.2) is 0 Å². The Morgan fingerprint density at radius 3 is 2.71 bits per heavy atom. The molecule has 0 spiro atoms. The SMILES string of the molecule is CC1NC(=O)COC1C1CCNCC1. The average molecular weight is 198 g/mol. The largest absolute Gasteiger partial charge is 0.366 e. The summed E-state index contributed by atoms with van der Waals surface area (Å²) in [6, 6.07) is 0.166. The summed E-state index contributed by atoms with van der Waals surface area (Å²) in [5.41, 5.74) is 0. The molecule has 1 amide bonds. The lowest BCUT2D eigenvalue weighted by Crippen LogP contribution is -2.54. The molecular formula is C10H18N2O2. The Labute approximate surface area is 84.4 Å². The maximum atomic E-state index is 11.1. The van der Waals surface area contributed by atoms with Crippen LogP contribution in [-0.4, -0.2) is 37.7 Å². The van der Waals surface area contributed by atoms with E-state index in [9.17, 15) is 4.79 Å². The maximum Gasteiger partial charge on any atom is 0.246 e. The van der Waals surface area contributed by atoms with Crippen LogP contribution in [0.1, 0.15) is 19.8 Å². The zero-order chi connectivity index (χ0) is 9.97. The zero-order valence-corrected chi connectivity index (χ0v) is 8.58. The van der Waals surface area contributed by atoms with Gasteiger partial charge in [0.2, 0.25) is 5.91 Å². The Hall–Kier alpha value is -0.610. The Morgan fingerprint density at radius 1 is 1.36 bits per heavy atom. The van der Waals surface area contributed by atoms with Crippen molar-refractivity contribution < 1.29 is 9.53 Å². The number of amides is 1. The van der Waals surface area contributed by atoms with Crippen LogP contribution in [0.2, 0.25) is 0 Å². The minimum absolute atomic E-state index is 0.0164. The Balaban J connectivity index is 1.92. The third-order valence-corrected chi connectivity index (χ3v) is 3.14. The number of nitrogens with one attached hydrogen (secondary N) is 2. The van der Waals surface area contributed by atoms with E-state index in [0.29, 0.717) is 5.92 Å². The van der Waals surface area contributed by atoms with Gasteiger partial charge in [-0.2, -0.15) is 0 Å². The molecule has 0 aliphatic carbocycles. The standard InChI is InChI=1S/C10H18N2O2/c1-7-10(14-6-9(13)12-7)8-2-4-11-5-3-8/h7-8,10-11H,2-6H2,1H3,(H,12,13). The van der Waals surface area contributed by atoms with Crippen molar-refractivity contribution in [1.29, 1.82) is 0 Å². The van der Waals surface area contributed by atoms with Gasteiger partial charge >= 0.3 is 0 Å². The van der Waals surface area contributed by atoms with Crippen LogP contribution in [-0.2, 0) is 9.53 Å². The number of rotatable bonds is 1. The van der Waals surface area contributed by atoms with Gasteiger partial charge in [0.1, 0.15) is 6.61 Å². The minimum atomic E-state index is 0.0164. The summed E-state index contributed by atoms with van der Waals surface area (Å²) in [5, 5.41) is 6.28. The number of piperidine rings is 1. The summed E-state index contributed by atoms with van der Waals surface area (Å²) < 4.78 is 5.60. The lowest BCUT2D eigenvalue weighted by atomic mass is 9.88. The molecule has 2 saturated heterocycles. The van der Waals surface area contributed by atoms with Crippen LogP contribution in [0.4, 0.5) is 0 Å². The van der Waals surface area contributed by atoms with Crippen LogP contribution in [0.5, 0.6) is 0 Å². The number of morpholine rings is 1. The molecule has 2 fully saturated rings.